The molecule has 19 heavy (non-hydrogen) atoms. The SMILES string of the molecule is CCC1CN(C(=O)c2cc(Cl)ncc2Cl)CCN1C. The Morgan fingerprint density at radius 2 is 2.21 bits per heavy atom. The molecule has 1 aliphatic heterocycles. The van der Waals surface area contributed by atoms with Crippen LogP contribution in [0.2, 0.25) is 10.2 Å². The molecule has 104 valence electrons. The van der Waals surface area contributed by atoms with Crippen molar-refractivity contribution in [1.29, 1.82) is 0 Å². The van der Waals surface area contributed by atoms with Crippen molar-refractivity contribution >= 4 is 29.1 Å². The average Bonchev–Trinajstić information content (AvgIpc) is 2.41. The minimum atomic E-state index is -0.0687. The first-order valence-electron chi connectivity index (χ1n) is 6.33. The smallest absolute Gasteiger partial charge is 0.255 e. The summed E-state index contributed by atoms with van der Waals surface area (Å²) >= 11 is 11.9. The van der Waals surface area contributed by atoms with Crippen molar-refractivity contribution in [2.75, 3.05) is 26.7 Å². The molecule has 1 aliphatic rings. The maximum Gasteiger partial charge on any atom is 0.255 e. The van der Waals surface area contributed by atoms with Crippen LogP contribution >= 0.6 is 23.2 Å². The van der Waals surface area contributed by atoms with E-state index >= 15 is 0 Å². The Labute approximate surface area is 123 Å². The molecule has 1 atom stereocenters. The van der Waals surface area contributed by atoms with Gasteiger partial charge in [-0.15, -0.1) is 0 Å². The molecule has 1 aromatic heterocycles. The number of likely N-dealkylation sites (N-methyl/N-ethyl adjacent to an activating group) is 1. The van der Waals surface area contributed by atoms with Crippen molar-refractivity contribution in [3.63, 3.8) is 0 Å². The Morgan fingerprint density at radius 1 is 1.47 bits per heavy atom. The molecular weight excluding hydrogens is 285 g/mol. The first-order chi connectivity index (χ1) is 9.02. The minimum absolute atomic E-state index is 0.0687. The van der Waals surface area contributed by atoms with Crippen LogP contribution in [-0.2, 0) is 0 Å². The molecule has 0 radical (unpaired) electrons. The second-order valence-electron chi connectivity index (χ2n) is 4.78. The van der Waals surface area contributed by atoms with Crippen LogP contribution < -0.4 is 0 Å². The van der Waals surface area contributed by atoms with E-state index in [1.54, 1.807) is 0 Å². The van der Waals surface area contributed by atoms with Gasteiger partial charge in [-0.2, -0.15) is 0 Å². The van der Waals surface area contributed by atoms with Crippen LogP contribution in [0.1, 0.15) is 23.7 Å². The summed E-state index contributed by atoms with van der Waals surface area (Å²) < 4.78 is 0. The zero-order chi connectivity index (χ0) is 14.0. The van der Waals surface area contributed by atoms with Gasteiger partial charge in [0.25, 0.3) is 5.91 Å². The number of pyridine rings is 1. The first kappa shape index (κ1) is 14.6. The number of hydrogen-bond acceptors (Lipinski definition) is 3. The standard InChI is InChI=1S/C13H17Cl2N3O/c1-3-9-8-18(5-4-17(9)2)13(19)10-6-12(15)16-7-11(10)14/h6-7,9H,3-5,8H2,1-2H3. The molecule has 2 heterocycles. The fraction of sp³-hybridized carbons (Fsp3) is 0.538. The second-order valence-corrected chi connectivity index (χ2v) is 5.58. The minimum Gasteiger partial charge on any atom is -0.336 e. The highest BCUT2D eigenvalue weighted by atomic mass is 35.5. The zero-order valence-corrected chi connectivity index (χ0v) is 12.6. The third-order valence-corrected chi connectivity index (χ3v) is 4.10. The predicted molar refractivity (Wildman–Crippen MR) is 76.9 cm³/mol. The molecule has 0 bridgehead atoms. The third-order valence-electron chi connectivity index (χ3n) is 3.59. The first-order valence-corrected chi connectivity index (χ1v) is 7.09. The van der Waals surface area contributed by atoms with Crippen LogP contribution in [0.15, 0.2) is 12.3 Å². The summed E-state index contributed by atoms with van der Waals surface area (Å²) in [7, 11) is 2.09. The quantitative estimate of drug-likeness (QED) is 0.788. The van der Waals surface area contributed by atoms with Crippen LogP contribution in [-0.4, -0.2) is 53.4 Å². The van der Waals surface area contributed by atoms with E-state index in [4.69, 9.17) is 23.2 Å². The highest BCUT2D eigenvalue weighted by Gasteiger charge is 2.27. The number of aromatic nitrogens is 1. The Kier molecular flexibility index (Phi) is 4.66. The van der Waals surface area contributed by atoms with E-state index in [2.05, 4.69) is 23.9 Å². The maximum atomic E-state index is 12.5. The molecular formula is C13H17Cl2N3O. The molecule has 6 heteroatoms. The Morgan fingerprint density at radius 3 is 2.89 bits per heavy atom. The maximum absolute atomic E-state index is 12.5. The van der Waals surface area contributed by atoms with E-state index in [-0.39, 0.29) is 11.1 Å². The average molecular weight is 302 g/mol. The highest BCUT2D eigenvalue weighted by molar-refractivity contribution is 6.35. The van der Waals surface area contributed by atoms with Gasteiger partial charge in [0, 0.05) is 31.9 Å². The number of amides is 1. The molecule has 1 fully saturated rings. The molecule has 0 N–H and O–H groups in total. The van der Waals surface area contributed by atoms with Gasteiger partial charge in [-0.1, -0.05) is 30.1 Å². The van der Waals surface area contributed by atoms with Gasteiger partial charge in [-0.3, -0.25) is 9.69 Å². The summed E-state index contributed by atoms with van der Waals surface area (Å²) in [6, 6.07) is 1.93. The topological polar surface area (TPSA) is 36.4 Å². The van der Waals surface area contributed by atoms with Gasteiger partial charge in [-0.05, 0) is 19.5 Å². The van der Waals surface area contributed by atoms with Crippen molar-refractivity contribution in [3.05, 3.63) is 28.0 Å². The molecule has 0 aromatic carbocycles. The number of carbonyl (C=O) groups is 1. The molecule has 1 saturated heterocycles. The summed E-state index contributed by atoms with van der Waals surface area (Å²) in [4.78, 5) is 20.5. The van der Waals surface area contributed by atoms with E-state index < -0.39 is 0 Å². The summed E-state index contributed by atoms with van der Waals surface area (Å²) in [6.07, 6.45) is 2.44. The van der Waals surface area contributed by atoms with Crippen molar-refractivity contribution in [3.8, 4) is 0 Å². The molecule has 1 amide bonds. The van der Waals surface area contributed by atoms with Gasteiger partial charge < -0.3 is 4.90 Å². The monoisotopic (exact) mass is 301 g/mol. The number of halogens is 2. The van der Waals surface area contributed by atoms with Crippen LogP contribution in [0.4, 0.5) is 0 Å². The number of hydrogen-bond donors (Lipinski definition) is 0. The number of piperazine rings is 1. The predicted octanol–water partition coefficient (Wildman–Crippen LogP) is 2.55. The van der Waals surface area contributed by atoms with E-state index in [0.717, 1.165) is 19.5 Å². The Hall–Kier alpha value is -0.840. The lowest BCUT2D eigenvalue weighted by atomic mass is 10.1. The molecule has 0 saturated carbocycles. The fourth-order valence-corrected chi connectivity index (χ4v) is 2.66. The summed E-state index contributed by atoms with van der Waals surface area (Å²) in [5.74, 6) is -0.0687. The largest absolute Gasteiger partial charge is 0.336 e. The molecule has 0 spiro atoms. The van der Waals surface area contributed by atoms with E-state index in [1.165, 1.54) is 12.3 Å². The van der Waals surface area contributed by atoms with Crippen molar-refractivity contribution < 1.29 is 4.79 Å². The lowest BCUT2D eigenvalue weighted by molar-refractivity contribution is 0.0542. The Balaban J connectivity index is 2.18. The molecule has 0 aliphatic carbocycles. The van der Waals surface area contributed by atoms with Crippen molar-refractivity contribution in [2.45, 2.75) is 19.4 Å². The van der Waals surface area contributed by atoms with E-state index in [9.17, 15) is 4.79 Å². The summed E-state index contributed by atoms with van der Waals surface area (Å²) in [6.45, 7) is 4.44. The molecule has 1 aromatic rings. The number of nitrogens with zero attached hydrogens (tertiary/aromatic N) is 3. The van der Waals surface area contributed by atoms with Crippen LogP contribution in [0.25, 0.3) is 0 Å². The van der Waals surface area contributed by atoms with Gasteiger partial charge in [0.05, 0.1) is 10.6 Å². The van der Waals surface area contributed by atoms with Gasteiger partial charge in [0.15, 0.2) is 0 Å². The Bertz CT molecular complexity index is 481. The van der Waals surface area contributed by atoms with Crippen LogP contribution in [0.5, 0.6) is 0 Å². The van der Waals surface area contributed by atoms with Gasteiger partial charge in [0.1, 0.15) is 5.15 Å². The second kappa shape index (κ2) is 6.07. The van der Waals surface area contributed by atoms with Gasteiger partial charge in [-0.25, -0.2) is 4.98 Å². The van der Waals surface area contributed by atoms with Gasteiger partial charge in [0.2, 0.25) is 0 Å². The highest BCUT2D eigenvalue weighted by Crippen LogP contribution is 2.21. The van der Waals surface area contributed by atoms with E-state index in [0.29, 0.717) is 23.2 Å². The normalized spacial score (nSPS) is 20.6. The van der Waals surface area contributed by atoms with Crippen LogP contribution in [0, 0.1) is 0 Å². The molecule has 1 unspecified atom stereocenters. The zero-order valence-electron chi connectivity index (χ0n) is 11.1. The molecule has 2 rings (SSSR count). The van der Waals surface area contributed by atoms with Crippen LogP contribution in [0.3, 0.4) is 0 Å². The molecule has 4 nitrogen and oxygen atoms in total. The van der Waals surface area contributed by atoms with Crippen molar-refractivity contribution in [2.24, 2.45) is 0 Å². The lowest BCUT2D eigenvalue weighted by Gasteiger charge is -2.39. The van der Waals surface area contributed by atoms with E-state index in [1.807, 2.05) is 4.90 Å². The lowest BCUT2D eigenvalue weighted by Crippen LogP contribution is -2.53. The van der Waals surface area contributed by atoms with Gasteiger partial charge >= 0.3 is 0 Å². The fourth-order valence-electron chi connectivity index (χ4n) is 2.32. The number of carbonyl (C=O) groups excluding carboxylic acids is 1. The van der Waals surface area contributed by atoms with Crippen molar-refractivity contribution in [1.82, 2.24) is 14.8 Å². The summed E-state index contributed by atoms with van der Waals surface area (Å²) in [5, 5.41) is 0.635. The summed E-state index contributed by atoms with van der Waals surface area (Å²) in [5.41, 5.74) is 0.432. The third kappa shape index (κ3) is 3.19. The number of rotatable bonds is 2.